The van der Waals surface area contributed by atoms with E-state index in [2.05, 4.69) is 424 Å². The summed E-state index contributed by atoms with van der Waals surface area (Å²) in [6.45, 7) is 13.3. The minimum Gasteiger partial charge on any atom is -0.289 e. The maximum atomic E-state index is 13.6. The number of carbonyl (C=O) groups is 3. The van der Waals surface area contributed by atoms with Crippen LogP contribution in [0.3, 0.4) is 0 Å². The van der Waals surface area contributed by atoms with E-state index in [1.165, 1.54) is 0 Å². The first-order valence-corrected chi connectivity index (χ1v) is 48.3. The highest BCUT2D eigenvalue weighted by Crippen LogP contribution is 2.50. The fourth-order valence-corrected chi connectivity index (χ4v) is 21.1. The average molecular weight is 1810 g/mol. The average Bonchev–Trinajstić information content (AvgIpc) is 0.738. The number of benzene rings is 18. The molecule has 0 spiro atoms. The fourth-order valence-electron chi connectivity index (χ4n) is 21.1. The van der Waals surface area contributed by atoms with Crippen molar-refractivity contribution in [2.24, 2.45) is 0 Å². The van der Waals surface area contributed by atoms with Gasteiger partial charge in [-0.2, -0.15) is 0 Å². The van der Waals surface area contributed by atoms with E-state index < -0.39 is 0 Å². The molecular weight excluding hydrogens is 1710 g/mol. The summed E-state index contributed by atoms with van der Waals surface area (Å²) < 4.78 is 0. The molecule has 0 unspecified atom stereocenters. The second-order valence-electron chi connectivity index (χ2n) is 38.2. The predicted molar refractivity (Wildman–Crippen MR) is 580 cm³/mol. The van der Waals surface area contributed by atoms with Gasteiger partial charge in [-0.15, -0.1) is 0 Å². The molecule has 3 aromatic heterocycles. The molecule has 6 heteroatoms. The Bertz CT molecular complexity index is 8220. The lowest BCUT2D eigenvalue weighted by atomic mass is 9.68. The Morgan fingerprint density at radius 2 is 0.319 bits per heavy atom. The molecule has 24 rings (SSSR count). The van der Waals surface area contributed by atoms with E-state index in [1.807, 2.05) is 109 Å². The van der Waals surface area contributed by atoms with Gasteiger partial charge in [0.25, 0.3) is 0 Å². The minimum atomic E-state index is -0.304. The molecule has 18 aromatic carbocycles. The van der Waals surface area contributed by atoms with Crippen LogP contribution in [0.4, 0.5) is 0 Å². The molecule has 0 bridgehead atoms. The Labute approximate surface area is 824 Å². The molecule has 6 nitrogen and oxygen atoms in total. The van der Waals surface area contributed by atoms with Crippen molar-refractivity contribution in [3.8, 4) is 168 Å². The first-order chi connectivity index (χ1) is 68.9. The molecule has 21 aromatic rings. The first-order valence-electron chi connectivity index (χ1n) is 48.3. The summed E-state index contributed by atoms with van der Waals surface area (Å²) in [5.74, 6) is 0.304. The highest BCUT2D eigenvalue weighted by molar-refractivity contribution is 6.16. The van der Waals surface area contributed by atoms with Crippen LogP contribution in [-0.2, 0) is 16.2 Å². The molecule has 3 aliphatic rings. The largest absolute Gasteiger partial charge is 0.289 e. The van der Waals surface area contributed by atoms with Crippen LogP contribution < -0.4 is 0 Å². The number of hydrogen-bond donors (Lipinski definition) is 0. The van der Waals surface area contributed by atoms with Crippen molar-refractivity contribution in [1.82, 2.24) is 15.0 Å². The fraction of sp³-hybridized carbons (Fsp3) is 0.0667. The minimum absolute atomic E-state index is 0.0984. The van der Waals surface area contributed by atoms with Gasteiger partial charge in [-0.25, -0.2) is 15.0 Å². The Balaban J connectivity index is 0.000000121. The van der Waals surface area contributed by atoms with Crippen molar-refractivity contribution in [3.05, 3.63) is 558 Å². The quantitative estimate of drug-likeness (QED) is 0.102. The number of fused-ring (bicyclic) bond motifs is 6. The number of hydrogen-bond acceptors (Lipinski definition) is 6. The molecule has 0 N–H and O–H groups in total. The van der Waals surface area contributed by atoms with Gasteiger partial charge in [-0.3, -0.25) is 14.4 Å². The molecule has 0 saturated heterocycles. The van der Waals surface area contributed by atoms with E-state index in [0.29, 0.717) is 0 Å². The van der Waals surface area contributed by atoms with Gasteiger partial charge in [0, 0.05) is 83.0 Å². The topological polar surface area (TPSA) is 89.9 Å². The van der Waals surface area contributed by atoms with Crippen molar-refractivity contribution >= 4 is 17.3 Å². The number of pyridine rings is 3. The van der Waals surface area contributed by atoms with Crippen LogP contribution in [0.5, 0.6) is 0 Å². The van der Waals surface area contributed by atoms with E-state index in [1.54, 1.807) is 0 Å². The van der Waals surface area contributed by atoms with Crippen molar-refractivity contribution in [1.29, 1.82) is 0 Å². The molecule has 3 aliphatic carbocycles. The summed E-state index contributed by atoms with van der Waals surface area (Å²) >= 11 is 0. The Kier molecular flexibility index (Phi) is 23.6. The third-order valence-corrected chi connectivity index (χ3v) is 28.5. The van der Waals surface area contributed by atoms with Crippen LogP contribution in [0.2, 0.25) is 0 Å². The van der Waals surface area contributed by atoms with E-state index in [9.17, 15) is 14.4 Å². The standard InChI is InChI=1S/3C45H33NO/c1-45(2)40-24-14-13-23-38(40)44(47)39-26-25-32(27-41(39)45)34-19-9-11-21-36(34)37-22-12-10-20-35(37)33-28-42(30-15-5-3-6-16-30)46-43(29-33)31-17-7-4-8-18-31;1-45(2)40-23-12-11-22-38(40)44(47)39-25-24-34(27-41(39)45)37-21-10-9-20-36(37)33-19-13-18-32(26-33)35-28-42(30-14-5-3-6-15-30)46-43(29-35)31-16-7-4-8-17-31;1-45(2)40-20-12-11-19-38(40)44(47)39-26-25-34(27-41(39)45)37-18-10-9-17-36(37)31-23-21-30(22-24-31)35-28-42(32-13-5-3-6-14-32)46-43(29-35)33-15-7-4-8-16-33/h3*3-29H,1-2H3. The number of aromatic nitrogens is 3. The van der Waals surface area contributed by atoms with Gasteiger partial charge in [0.15, 0.2) is 17.3 Å². The smallest absolute Gasteiger partial charge is 0.193 e. The zero-order chi connectivity index (χ0) is 95.9. The number of rotatable bonds is 15. The molecule has 141 heavy (non-hydrogen) atoms. The Hall–Kier alpha value is -17.6. The van der Waals surface area contributed by atoms with Crippen molar-refractivity contribution in [2.45, 2.75) is 57.8 Å². The Morgan fingerprint density at radius 1 is 0.128 bits per heavy atom. The summed E-state index contributed by atoms with van der Waals surface area (Å²) in [4.78, 5) is 55.8. The number of carbonyl (C=O) groups excluding carboxylic acids is 3. The summed E-state index contributed by atoms with van der Waals surface area (Å²) in [5.41, 5.74) is 42.9. The molecule has 0 aliphatic heterocycles. The van der Waals surface area contributed by atoms with Crippen LogP contribution in [0.25, 0.3) is 168 Å². The molecule has 0 radical (unpaired) electrons. The molecule has 672 valence electrons. The lowest BCUT2D eigenvalue weighted by Crippen LogP contribution is -2.30. The Morgan fingerprint density at radius 3 is 0.617 bits per heavy atom. The van der Waals surface area contributed by atoms with E-state index in [4.69, 9.17) is 15.0 Å². The van der Waals surface area contributed by atoms with Crippen LogP contribution in [-0.4, -0.2) is 32.3 Å². The highest BCUT2D eigenvalue weighted by atomic mass is 16.1. The molecule has 0 amide bonds. The van der Waals surface area contributed by atoms with Gasteiger partial charge in [0.05, 0.1) is 34.2 Å². The van der Waals surface area contributed by atoms with Crippen molar-refractivity contribution in [2.75, 3.05) is 0 Å². The van der Waals surface area contributed by atoms with E-state index >= 15 is 0 Å². The molecule has 0 saturated carbocycles. The summed E-state index contributed by atoms with van der Waals surface area (Å²) in [7, 11) is 0. The number of ketones is 3. The van der Waals surface area contributed by atoms with Gasteiger partial charge in [0.2, 0.25) is 0 Å². The molecule has 3 heterocycles. The van der Waals surface area contributed by atoms with E-state index in [-0.39, 0.29) is 33.6 Å². The van der Waals surface area contributed by atoms with Crippen LogP contribution in [0.15, 0.2) is 491 Å². The maximum Gasteiger partial charge on any atom is 0.193 e. The van der Waals surface area contributed by atoms with Gasteiger partial charge in [-0.05, 0) is 194 Å². The lowest BCUT2D eigenvalue weighted by molar-refractivity contribution is 0.102. The third kappa shape index (κ3) is 17.1. The normalized spacial score (nSPS) is 13.1. The molecular formula is C135H99N3O3. The van der Waals surface area contributed by atoms with Crippen LogP contribution in [0, 0.1) is 0 Å². The maximum absolute atomic E-state index is 13.6. The highest BCUT2D eigenvalue weighted by Gasteiger charge is 2.40. The van der Waals surface area contributed by atoms with Gasteiger partial charge in [-0.1, -0.05) is 472 Å². The van der Waals surface area contributed by atoms with Crippen LogP contribution in [0.1, 0.15) is 123 Å². The molecule has 0 fully saturated rings. The van der Waals surface area contributed by atoms with Gasteiger partial charge in [0.1, 0.15) is 0 Å². The van der Waals surface area contributed by atoms with Gasteiger partial charge >= 0.3 is 0 Å². The van der Waals surface area contributed by atoms with Gasteiger partial charge < -0.3 is 0 Å². The van der Waals surface area contributed by atoms with Crippen LogP contribution >= 0.6 is 0 Å². The second kappa shape index (κ2) is 37.5. The lowest BCUT2D eigenvalue weighted by Gasteiger charge is -2.34. The zero-order valence-corrected chi connectivity index (χ0v) is 79.3. The van der Waals surface area contributed by atoms with Crippen molar-refractivity contribution in [3.63, 3.8) is 0 Å². The summed E-state index contributed by atoms with van der Waals surface area (Å²) in [6.07, 6.45) is 0. The zero-order valence-electron chi connectivity index (χ0n) is 79.3. The summed E-state index contributed by atoms with van der Waals surface area (Å²) in [5, 5.41) is 0. The number of nitrogens with zero attached hydrogens (tertiary/aromatic N) is 3. The van der Waals surface area contributed by atoms with E-state index in [0.717, 1.165) is 234 Å². The molecule has 0 atom stereocenters. The second-order valence-corrected chi connectivity index (χ2v) is 38.2. The first kappa shape index (κ1) is 88.7. The van der Waals surface area contributed by atoms with Crippen molar-refractivity contribution < 1.29 is 14.4 Å². The predicted octanol–water partition coefficient (Wildman–Crippen LogP) is 33.9. The third-order valence-electron chi connectivity index (χ3n) is 28.5. The monoisotopic (exact) mass is 1810 g/mol. The SMILES string of the molecule is CC1(C)c2ccccc2C(=O)c2ccc(-c3ccccc3-c3ccc(-c4cc(-c5ccccc5)nc(-c5ccccc5)c4)cc3)cc21.CC1(C)c2ccccc2C(=O)c2ccc(-c3ccccc3-c3cccc(-c4cc(-c5ccccc5)nc(-c5ccccc5)c4)c3)cc21.CC1(C)c2ccccc2C(=O)c2ccc(-c3ccccc3-c3ccccc3-c3cc(-c4ccccc4)nc(-c4ccccc4)c3)cc21. The summed E-state index contributed by atoms with van der Waals surface area (Å²) in [6, 6.07) is 170.